The first-order valence-corrected chi connectivity index (χ1v) is 10.1. The average Bonchev–Trinajstić information content (AvgIpc) is 3.15. The van der Waals surface area contributed by atoms with Gasteiger partial charge in [-0.05, 0) is 58.6 Å². The number of thiocarbonyl (C=S) groups is 1. The zero-order valence-electron chi connectivity index (χ0n) is 13.9. The number of benzene rings is 2. The molecule has 0 unspecified atom stereocenters. The van der Waals surface area contributed by atoms with Crippen LogP contribution in [0.3, 0.4) is 0 Å². The van der Waals surface area contributed by atoms with Gasteiger partial charge in [0.25, 0.3) is 0 Å². The summed E-state index contributed by atoms with van der Waals surface area (Å²) in [5.74, 6) is 1.39. The van der Waals surface area contributed by atoms with Crippen molar-refractivity contribution < 1.29 is 9.47 Å². The first-order chi connectivity index (χ1) is 12.1. The quantitative estimate of drug-likeness (QED) is 0.517. The minimum absolute atomic E-state index is 0.478. The summed E-state index contributed by atoms with van der Waals surface area (Å²) in [4.78, 5) is 3.11. The third-order valence-corrected chi connectivity index (χ3v) is 5.85. The summed E-state index contributed by atoms with van der Waals surface area (Å²) in [6.07, 6.45) is 2.40. The standard InChI is InChI=1S/C19H19Br2NO2S/c1-23-17-10-15(19(25)22-8-2-3-9-22)16(21)11-18(17)24-12-13-4-6-14(20)7-5-13/h4-7,10-11H,2-3,8-9,12H2,1H3. The SMILES string of the molecule is COc1cc(C(=S)N2CCCC2)c(Br)cc1OCc1ccc(Br)cc1. The second kappa shape index (κ2) is 8.52. The van der Waals surface area contributed by atoms with Gasteiger partial charge in [-0.1, -0.05) is 40.3 Å². The lowest BCUT2D eigenvalue weighted by Gasteiger charge is -2.21. The Labute approximate surface area is 170 Å². The molecule has 6 heteroatoms. The zero-order chi connectivity index (χ0) is 17.8. The topological polar surface area (TPSA) is 21.7 Å². The molecule has 1 heterocycles. The van der Waals surface area contributed by atoms with Gasteiger partial charge in [0.2, 0.25) is 0 Å². The Balaban J connectivity index is 1.79. The molecule has 1 aliphatic heterocycles. The Morgan fingerprint density at radius 1 is 1.08 bits per heavy atom. The van der Waals surface area contributed by atoms with Crippen molar-refractivity contribution in [1.82, 2.24) is 4.90 Å². The molecule has 0 atom stereocenters. The van der Waals surface area contributed by atoms with Crippen LogP contribution in [0.4, 0.5) is 0 Å². The van der Waals surface area contributed by atoms with Gasteiger partial charge < -0.3 is 14.4 Å². The van der Waals surface area contributed by atoms with Gasteiger partial charge in [0.05, 0.1) is 7.11 Å². The van der Waals surface area contributed by atoms with E-state index in [4.69, 9.17) is 21.7 Å². The van der Waals surface area contributed by atoms with Gasteiger partial charge in [0.15, 0.2) is 11.5 Å². The number of methoxy groups -OCH3 is 1. The van der Waals surface area contributed by atoms with E-state index in [1.807, 2.05) is 36.4 Å². The van der Waals surface area contributed by atoms with Gasteiger partial charge in [-0.3, -0.25) is 0 Å². The Morgan fingerprint density at radius 2 is 1.76 bits per heavy atom. The molecule has 2 aromatic rings. The fourth-order valence-electron chi connectivity index (χ4n) is 2.80. The van der Waals surface area contributed by atoms with E-state index in [2.05, 4.69) is 36.8 Å². The lowest BCUT2D eigenvalue weighted by Crippen LogP contribution is -2.27. The molecule has 2 aromatic carbocycles. The fraction of sp³-hybridized carbons (Fsp3) is 0.316. The van der Waals surface area contributed by atoms with E-state index in [1.54, 1.807) is 7.11 Å². The normalized spacial score (nSPS) is 13.8. The first kappa shape index (κ1) is 18.7. The molecule has 0 saturated carbocycles. The van der Waals surface area contributed by atoms with Crippen molar-refractivity contribution in [3.8, 4) is 11.5 Å². The van der Waals surface area contributed by atoms with Gasteiger partial charge >= 0.3 is 0 Å². The molecule has 25 heavy (non-hydrogen) atoms. The largest absolute Gasteiger partial charge is 0.493 e. The molecular weight excluding hydrogens is 466 g/mol. The second-order valence-corrected chi connectivity index (χ2v) is 8.05. The summed E-state index contributed by atoms with van der Waals surface area (Å²) >= 11 is 12.7. The van der Waals surface area contributed by atoms with E-state index in [-0.39, 0.29) is 0 Å². The Morgan fingerprint density at radius 3 is 2.40 bits per heavy atom. The second-order valence-electron chi connectivity index (χ2n) is 5.90. The monoisotopic (exact) mass is 483 g/mol. The molecule has 1 fully saturated rings. The lowest BCUT2D eigenvalue weighted by molar-refractivity contribution is 0.284. The third-order valence-electron chi connectivity index (χ3n) is 4.18. The van der Waals surface area contributed by atoms with E-state index in [9.17, 15) is 0 Å². The maximum absolute atomic E-state index is 5.97. The lowest BCUT2D eigenvalue weighted by atomic mass is 10.2. The Kier molecular flexibility index (Phi) is 6.36. The van der Waals surface area contributed by atoms with Crippen molar-refractivity contribution in [2.24, 2.45) is 0 Å². The highest BCUT2D eigenvalue weighted by Crippen LogP contribution is 2.35. The first-order valence-electron chi connectivity index (χ1n) is 8.12. The number of hydrogen-bond acceptors (Lipinski definition) is 3. The summed E-state index contributed by atoms with van der Waals surface area (Å²) in [5, 5.41) is 0. The van der Waals surface area contributed by atoms with Crippen molar-refractivity contribution in [2.45, 2.75) is 19.4 Å². The predicted octanol–water partition coefficient (Wildman–Crippen LogP) is 5.57. The molecule has 3 nitrogen and oxygen atoms in total. The van der Waals surface area contributed by atoms with Crippen molar-refractivity contribution in [3.63, 3.8) is 0 Å². The van der Waals surface area contributed by atoms with Crippen LogP contribution >= 0.6 is 44.1 Å². The van der Waals surface area contributed by atoms with Gasteiger partial charge in [-0.2, -0.15) is 0 Å². The third kappa shape index (κ3) is 4.54. The number of rotatable bonds is 5. The van der Waals surface area contributed by atoms with E-state index in [0.717, 1.165) is 38.2 Å². The average molecular weight is 485 g/mol. The maximum Gasteiger partial charge on any atom is 0.162 e. The molecule has 0 aromatic heterocycles. The Hall–Kier alpha value is -1.11. The van der Waals surface area contributed by atoms with Crippen LogP contribution in [0.25, 0.3) is 0 Å². The molecule has 0 aliphatic carbocycles. The van der Waals surface area contributed by atoms with Crippen LogP contribution < -0.4 is 9.47 Å². The molecular formula is C19H19Br2NO2S. The van der Waals surface area contributed by atoms with Crippen LogP contribution in [0.15, 0.2) is 45.3 Å². The number of likely N-dealkylation sites (tertiary alicyclic amines) is 1. The summed E-state index contributed by atoms with van der Waals surface area (Å²) in [6.45, 7) is 2.52. The van der Waals surface area contributed by atoms with Crippen LogP contribution in [-0.2, 0) is 6.61 Å². The Bertz CT molecular complexity index is 759. The highest BCUT2D eigenvalue weighted by Gasteiger charge is 2.20. The minimum atomic E-state index is 0.478. The summed E-state index contributed by atoms with van der Waals surface area (Å²) in [5.41, 5.74) is 2.07. The molecule has 0 spiro atoms. The highest BCUT2D eigenvalue weighted by molar-refractivity contribution is 9.10. The van der Waals surface area contributed by atoms with Gasteiger partial charge in [-0.15, -0.1) is 0 Å². The van der Waals surface area contributed by atoms with E-state index < -0.39 is 0 Å². The molecule has 3 rings (SSSR count). The molecule has 1 aliphatic rings. The fourth-order valence-corrected chi connectivity index (χ4v) is 4.06. The van der Waals surface area contributed by atoms with E-state index in [1.165, 1.54) is 12.8 Å². The van der Waals surface area contributed by atoms with Crippen LogP contribution in [-0.4, -0.2) is 30.1 Å². The van der Waals surface area contributed by atoms with Crippen molar-refractivity contribution >= 4 is 49.1 Å². The van der Waals surface area contributed by atoms with Crippen molar-refractivity contribution in [1.29, 1.82) is 0 Å². The van der Waals surface area contributed by atoms with Crippen LogP contribution in [0.5, 0.6) is 11.5 Å². The number of nitrogens with zero attached hydrogens (tertiary/aromatic N) is 1. The summed E-state index contributed by atoms with van der Waals surface area (Å²) in [6, 6.07) is 12.0. The number of ether oxygens (including phenoxy) is 2. The predicted molar refractivity (Wildman–Crippen MR) is 112 cm³/mol. The van der Waals surface area contributed by atoms with Crippen LogP contribution in [0.1, 0.15) is 24.0 Å². The highest BCUT2D eigenvalue weighted by atomic mass is 79.9. The molecule has 0 radical (unpaired) electrons. The smallest absolute Gasteiger partial charge is 0.162 e. The van der Waals surface area contributed by atoms with Gasteiger partial charge in [0.1, 0.15) is 11.6 Å². The van der Waals surface area contributed by atoms with Gasteiger partial charge in [-0.25, -0.2) is 0 Å². The molecule has 0 bridgehead atoms. The summed E-state index contributed by atoms with van der Waals surface area (Å²) < 4.78 is 13.5. The number of halogens is 2. The molecule has 0 amide bonds. The zero-order valence-corrected chi connectivity index (χ0v) is 17.9. The van der Waals surface area contributed by atoms with Crippen LogP contribution in [0, 0.1) is 0 Å². The molecule has 132 valence electrons. The summed E-state index contributed by atoms with van der Waals surface area (Å²) in [7, 11) is 1.65. The number of hydrogen-bond donors (Lipinski definition) is 0. The van der Waals surface area contributed by atoms with Crippen LogP contribution in [0.2, 0.25) is 0 Å². The van der Waals surface area contributed by atoms with Crippen molar-refractivity contribution in [2.75, 3.05) is 20.2 Å². The minimum Gasteiger partial charge on any atom is -0.493 e. The molecule has 1 saturated heterocycles. The van der Waals surface area contributed by atoms with E-state index >= 15 is 0 Å². The maximum atomic E-state index is 5.97. The van der Waals surface area contributed by atoms with E-state index in [0.29, 0.717) is 18.1 Å². The van der Waals surface area contributed by atoms with Gasteiger partial charge in [0, 0.05) is 27.6 Å². The van der Waals surface area contributed by atoms with Crippen molar-refractivity contribution in [3.05, 3.63) is 56.5 Å². The molecule has 0 N–H and O–H groups in total.